The zero-order valence-electron chi connectivity index (χ0n) is 10.9. The van der Waals surface area contributed by atoms with Crippen LogP contribution < -0.4 is 0 Å². The number of hydrogen-bond acceptors (Lipinski definition) is 4. The van der Waals surface area contributed by atoms with Gasteiger partial charge in [0.1, 0.15) is 17.3 Å². The van der Waals surface area contributed by atoms with Crippen molar-refractivity contribution in [3.8, 4) is 0 Å². The van der Waals surface area contributed by atoms with Gasteiger partial charge in [0, 0.05) is 13.1 Å². The van der Waals surface area contributed by atoms with Gasteiger partial charge in [-0.2, -0.15) is 0 Å². The Morgan fingerprint density at radius 2 is 1.86 bits per heavy atom. The van der Waals surface area contributed by atoms with Crippen LogP contribution in [0.1, 0.15) is 10.4 Å². The second kappa shape index (κ2) is 5.00. The first-order valence-electron chi connectivity index (χ1n) is 6.29. The van der Waals surface area contributed by atoms with Crippen molar-refractivity contribution in [3.05, 3.63) is 54.2 Å². The molecule has 0 atom stereocenters. The van der Waals surface area contributed by atoms with E-state index in [9.17, 15) is 17.6 Å². The number of nitrogens with zero attached hydrogens (tertiary/aromatic N) is 1. The van der Waals surface area contributed by atoms with Crippen molar-refractivity contribution in [2.24, 2.45) is 0 Å². The Hall–Kier alpha value is -2.15. The SMILES string of the molecule is O=C(c1ccoc1)N1CC(S(=O)(=O)c2ccc(F)cc2)C1. The number of furan rings is 1. The lowest BCUT2D eigenvalue weighted by Crippen LogP contribution is -2.56. The number of rotatable bonds is 3. The van der Waals surface area contributed by atoms with Crippen LogP contribution in [0.5, 0.6) is 0 Å². The van der Waals surface area contributed by atoms with Gasteiger partial charge in [0.05, 0.1) is 16.7 Å². The highest BCUT2D eigenvalue weighted by molar-refractivity contribution is 7.92. The minimum absolute atomic E-state index is 0.0734. The molecule has 1 aliphatic heterocycles. The van der Waals surface area contributed by atoms with Gasteiger partial charge >= 0.3 is 0 Å². The lowest BCUT2D eigenvalue weighted by Gasteiger charge is -2.38. The van der Waals surface area contributed by atoms with Crippen molar-refractivity contribution in [1.29, 1.82) is 0 Å². The summed E-state index contributed by atoms with van der Waals surface area (Å²) in [5.41, 5.74) is 0.396. The fraction of sp³-hybridized carbons (Fsp3) is 0.214. The number of carbonyl (C=O) groups excluding carboxylic acids is 1. The van der Waals surface area contributed by atoms with Crippen molar-refractivity contribution in [2.75, 3.05) is 13.1 Å². The Morgan fingerprint density at radius 3 is 2.43 bits per heavy atom. The molecule has 0 radical (unpaired) electrons. The van der Waals surface area contributed by atoms with E-state index in [1.807, 2.05) is 0 Å². The minimum Gasteiger partial charge on any atom is -0.472 e. The molecule has 1 fully saturated rings. The number of sulfone groups is 1. The molecule has 0 unspecified atom stereocenters. The maximum atomic E-state index is 12.8. The zero-order chi connectivity index (χ0) is 15.0. The fourth-order valence-corrected chi connectivity index (χ4v) is 3.84. The number of carbonyl (C=O) groups is 1. The molecule has 21 heavy (non-hydrogen) atoms. The Kier molecular flexibility index (Phi) is 3.29. The molecule has 1 aromatic heterocycles. The van der Waals surface area contributed by atoms with Gasteiger partial charge < -0.3 is 9.32 Å². The number of likely N-dealkylation sites (tertiary alicyclic amines) is 1. The van der Waals surface area contributed by atoms with E-state index in [0.29, 0.717) is 5.56 Å². The van der Waals surface area contributed by atoms with E-state index in [0.717, 1.165) is 12.1 Å². The van der Waals surface area contributed by atoms with Gasteiger partial charge in [0.25, 0.3) is 5.91 Å². The third kappa shape index (κ3) is 2.44. The van der Waals surface area contributed by atoms with E-state index in [4.69, 9.17) is 4.42 Å². The third-order valence-electron chi connectivity index (χ3n) is 3.48. The number of amides is 1. The smallest absolute Gasteiger partial charge is 0.257 e. The molecule has 2 aromatic rings. The van der Waals surface area contributed by atoms with Crippen LogP contribution in [0.2, 0.25) is 0 Å². The lowest BCUT2D eigenvalue weighted by atomic mass is 10.2. The summed E-state index contributed by atoms with van der Waals surface area (Å²) in [4.78, 5) is 13.5. The molecular weight excluding hydrogens is 297 g/mol. The quantitative estimate of drug-likeness (QED) is 0.810. The van der Waals surface area contributed by atoms with Crippen LogP contribution in [0.25, 0.3) is 0 Å². The molecule has 0 saturated carbocycles. The third-order valence-corrected chi connectivity index (χ3v) is 5.59. The molecule has 1 aromatic carbocycles. The molecule has 5 nitrogen and oxygen atoms in total. The van der Waals surface area contributed by atoms with Gasteiger partial charge in [-0.15, -0.1) is 0 Å². The van der Waals surface area contributed by atoms with E-state index in [1.165, 1.54) is 35.6 Å². The van der Waals surface area contributed by atoms with Crippen LogP contribution in [0.4, 0.5) is 4.39 Å². The van der Waals surface area contributed by atoms with Crippen LogP contribution in [0.3, 0.4) is 0 Å². The van der Waals surface area contributed by atoms with Crippen molar-refractivity contribution >= 4 is 15.7 Å². The monoisotopic (exact) mass is 309 g/mol. The Morgan fingerprint density at radius 1 is 1.19 bits per heavy atom. The molecule has 2 heterocycles. The summed E-state index contributed by atoms with van der Waals surface area (Å²) in [5, 5.41) is -0.654. The summed E-state index contributed by atoms with van der Waals surface area (Å²) in [7, 11) is -3.54. The summed E-state index contributed by atoms with van der Waals surface area (Å²) in [6.07, 6.45) is 2.71. The van der Waals surface area contributed by atoms with Crippen LogP contribution in [0.15, 0.2) is 52.2 Å². The average molecular weight is 309 g/mol. The van der Waals surface area contributed by atoms with Gasteiger partial charge in [-0.3, -0.25) is 4.79 Å². The second-order valence-corrected chi connectivity index (χ2v) is 7.07. The summed E-state index contributed by atoms with van der Waals surface area (Å²) < 4.78 is 42.3. The second-order valence-electron chi connectivity index (χ2n) is 4.84. The number of halogens is 1. The van der Waals surface area contributed by atoms with Crippen molar-refractivity contribution in [2.45, 2.75) is 10.1 Å². The van der Waals surface area contributed by atoms with Gasteiger partial charge in [0.15, 0.2) is 9.84 Å². The highest BCUT2D eigenvalue weighted by atomic mass is 32.2. The molecule has 110 valence electrons. The maximum Gasteiger partial charge on any atom is 0.257 e. The topological polar surface area (TPSA) is 67.6 Å². The molecule has 1 aliphatic rings. The summed E-state index contributed by atoms with van der Waals surface area (Å²) in [6.45, 7) is 0.257. The molecule has 1 saturated heterocycles. The van der Waals surface area contributed by atoms with Gasteiger partial charge in [0.2, 0.25) is 0 Å². The zero-order valence-corrected chi connectivity index (χ0v) is 11.7. The van der Waals surface area contributed by atoms with E-state index in [1.54, 1.807) is 0 Å². The molecular formula is C14H12FNO4S. The van der Waals surface area contributed by atoms with Crippen LogP contribution >= 0.6 is 0 Å². The first-order chi connectivity index (χ1) is 9.98. The first-order valence-corrected chi connectivity index (χ1v) is 7.84. The summed E-state index contributed by atoms with van der Waals surface area (Å²) >= 11 is 0. The average Bonchev–Trinajstić information content (AvgIpc) is 2.90. The molecule has 1 amide bonds. The highest BCUT2D eigenvalue weighted by Crippen LogP contribution is 2.25. The van der Waals surface area contributed by atoms with Crippen molar-refractivity contribution in [3.63, 3.8) is 0 Å². The largest absolute Gasteiger partial charge is 0.472 e. The summed E-state index contributed by atoms with van der Waals surface area (Å²) in [5.74, 6) is -0.742. The van der Waals surface area contributed by atoms with E-state index in [2.05, 4.69) is 0 Å². The maximum absolute atomic E-state index is 12.8. The predicted octanol–water partition coefficient (Wildman–Crippen LogP) is 1.72. The van der Waals surface area contributed by atoms with Gasteiger partial charge in [-0.25, -0.2) is 12.8 Å². The van der Waals surface area contributed by atoms with Crippen LogP contribution in [0, 0.1) is 5.82 Å². The Bertz CT molecular complexity index is 747. The van der Waals surface area contributed by atoms with E-state index < -0.39 is 20.9 Å². The Balaban J connectivity index is 1.71. The minimum atomic E-state index is -3.54. The molecule has 7 heteroatoms. The van der Waals surface area contributed by atoms with Crippen molar-refractivity contribution in [1.82, 2.24) is 4.90 Å². The van der Waals surface area contributed by atoms with Crippen LogP contribution in [-0.2, 0) is 9.84 Å². The standard InChI is InChI=1S/C14H12FNO4S/c15-11-1-3-12(4-2-11)21(18,19)13-7-16(8-13)14(17)10-5-6-20-9-10/h1-6,9,13H,7-8H2. The molecule has 0 N–H and O–H groups in total. The van der Waals surface area contributed by atoms with Gasteiger partial charge in [-0.1, -0.05) is 0 Å². The fourth-order valence-electron chi connectivity index (χ4n) is 2.19. The molecule has 0 bridgehead atoms. The van der Waals surface area contributed by atoms with Crippen LogP contribution in [-0.4, -0.2) is 37.6 Å². The number of benzene rings is 1. The van der Waals surface area contributed by atoms with E-state index >= 15 is 0 Å². The molecule has 0 aliphatic carbocycles. The van der Waals surface area contributed by atoms with Crippen molar-refractivity contribution < 1.29 is 22.0 Å². The highest BCUT2D eigenvalue weighted by Gasteiger charge is 2.40. The van der Waals surface area contributed by atoms with E-state index in [-0.39, 0.29) is 23.9 Å². The summed E-state index contributed by atoms with van der Waals surface area (Å²) in [6, 6.07) is 6.24. The molecule has 0 spiro atoms. The first kappa shape index (κ1) is 13.8. The predicted molar refractivity (Wildman–Crippen MR) is 72.0 cm³/mol. The van der Waals surface area contributed by atoms with Gasteiger partial charge in [-0.05, 0) is 30.3 Å². The lowest BCUT2D eigenvalue weighted by molar-refractivity contribution is 0.0658. The number of hydrogen-bond donors (Lipinski definition) is 0. The molecule has 3 rings (SSSR count). The Labute approximate surface area is 120 Å². The normalized spacial score (nSPS) is 15.8.